The fourth-order valence-electron chi connectivity index (χ4n) is 7.87. The lowest BCUT2D eigenvalue weighted by atomic mass is 10.0. The molecule has 0 bridgehead atoms. The van der Waals surface area contributed by atoms with Gasteiger partial charge in [0, 0.05) is 76.8 Å². The first-order valence-corrected chi connectivity index (χ1v) is 21.8. The number of rotatable bonds is 15. The second-order valence-electron chi connectivity index (χ2n) is 15.3. The normalized spacial score (nSPS) is 17.1. The Bertz CT molecular complexity index is 2310. The highest BCUT2D eigenvalue weighted by Gasteiger charge is 2.31. The highest BCUT2D eigenvalue weighted by atomic mass is 32.2. The first-order chi connectivity index (χ1) is 28.9. The molecule has 0 atom stereocenters. The number of amides is 4. The minimum atomic E-state index is -3.64. The Kier molecular flexibility index (Phi) is 13.3. The van der Waals surface area contributed by atoms with Crippen molar-refractivity contribution in [1.29, 1.82) is 0 Å². The van der Waals surface area contributed by atoms with Crippen molar-refractivity contribution in [2.45, 2.75) is 55.6 Å². The quantitative estimate of drug-likeness (QED) is 0.144. The molecule has 320 valence electrons. The number of carbonyl (C=O) groups is 3. The van der Waals surface area contributed by atoms with Crippen LogP contribution < -0.4 is 34.6 Å². The standard InChI is InChI=1S/C42H53N9O8S/c1-43-60(55,56)32-8-10-36(48(2)3)35(26-32)46-40-33-9-7-31(25-34(33)44-27-45-40)58-23-5-17-49-18-12-29(13-19-49)59-30-14-20-50(21-15-30)41(53)28-6-11-38(57-4)37(24-28)51-22-16-39(52)47-42(51)54/h6-11,24-27,29-30,43H,5,12-23H2,1-4H3,(H,44,45,46)(H,47,52,54). The van der Waals surface area contributed by atoms with Crippen molar-refractivity contribution in [2.24, 2.45) is 0 Å². The zero-order valence-electron chi connectivity index (χ0n) is 34.5. The van der Waals surface area contributed by atoms with Crippen LogP contribution in [-0.4, -0.2) is 132 Å². The Morgan fingerprint density at radius 1 is 0.933 bits per heavy atom. The maximum Gasteiger partial charge on any atom is 0.328 e. The van der Waals surface area contributed by atoms with E-state index in [2.05, 4.69) is 30.2 Å². The van der Waals surface area contributed by atoms with E-state index < -0.39 is 16.1 Å². The maximum absolute atomic E-state index is 13.5. The number of piperidine rings is 2. The lowest BCUT2D eigenvalue weighted by Crippen LogP contribution is -2.49. The number of anilines is 4. The van der Waals surface area contributed by atoms with Gasteiger partial charge >= 0.3 is 6.03 Å². The largest absolute Gasteiger partial charge is 0.495 e. The molecule has 4 aromatic rings. The van der Waals surface area contributed by atoms with E-state index in [1.165, 1.54) is 25.4 Å². The Morgan fingerprint density at radius 2 is 1.68 bits per heavy atom. The van der Waals surface area contributed by atoms with Crippen LogP contribution in [0.2, 0.25) is 0 Å². The zero-order chi connectivity index (χ0) is 42.4. The Hall–Kier alpha value is -5.56. The van der Waals surface area contributed by atoms with Crippen LogP contribution in [0.4, 0.5) is 27.7 Å². The van der Waals surface area contributed by atoms with Gasteiger partial charge in [0.05, 0.1) is 53.4 Å². The fraction of sp³-hybridized carbons (Fsp3) is 0.452. The van der Waals surface area contributed by atoms with E-state index in [9.17, 15) is 22.8 Å². The molecule has 3 aromatic carbocycles. The van der Waals surface area contributed by atoms with Gasteiger partial charge in [0.2, 0.25) is 15.9 Å². The Labute approximate surface area is 350 Å². The van der Waals surface area contributed by atoms with Gasteiger partial charge in [-0.05, 0) is 87.7 Å². The SMILES string of the molecule is CNS(=O)(=O)c1ccc(N(C)C)c(Nc2ncnc3cc(OCCCN4CCC(OC5CCN(C(=O)c6ccc(OC)c(N7CCC(=O)NC7=O)c6)CC5)CC4)ccc23)c1. The van der Waals surface area contributed by atoms with Crippen molar-refractivity contribution >= 4 is 61.7 Å². The summed E-state index contributed by atoms with van der Waals surface area (Å²) in [6.45, 7) is 4.76. The van der Waals surface area contributed by atoms with Gasteiger partial charge in [0.25, 0.3) is 5.91 Å². The van der Waals surface area contributed by atoms with Gasteiger partial charge in [-0.3, -0.25) is 19.8 Å². The number of benzene rings is 3. The zero-order valence-corrected chi connectivity index (χ0v) is 35.3. The molecule has 0 spiro atoms. The fourth-order valence-corrected chi connectivity index (χ4v) is 8.62. The van der Waals surface area contributed by atoms with E-state index in [4.69, 9.17) is 14.2 Å². The first kappa shape index (κ1) is 42.6. The van der Waals surface area contributed by atoms with E-state index in [0.29, 0.717) is 59.5 Å². The molecule has 0 aliphatic carbocycles. The average molecular weight is 844 g/mol. The molecule has 3 N–H and O–H groups in total. The molecule has 0 saturated carbocycles. The van der Waals surface area contributed by atoms with Gasteiger partial charge in [0.1, 0.15) is 23.6 Å². The molecular weight excluding hydrogens is 791 g/mol. The predicted molar refractivity (Wildman–Crippen MR) is 228 cm³/mol. The molecule has 18 heteroatoms. The molecule has 0 unspecified atom stereocenters. The number of nitrogens with one attached hydrogen (secondary N) is 3. The minimum absolute atomic E-state index is 0.1000. The number of methoxy groups -OCH3 is 1. The number of nitrogens with zero attached hydrogens (tertiary/aromatic N) is 6. The van der Waals surface area contributed by atoms with Crippen molar-refractivity contribution < 1.29 is 37.0 Å². The van der Waals surface area contributed by atoms with E-state index in [1.54, 1.807) is 36.4 Å². The molecule has 0 radical (unpaired) electrons. The van der Waals surface area contributed by atoms with Crippen LogP contribution in [0.3, 0.4) is 0 Å². The summed E-state index contributed by atoms with van der Waals surface area (Å²) in [7, 11) is 3.03. The van der Waals surface area contributed by atoms with Crippen LogP contribution in [0.5, 0.6) is 11.5 Å². The number of carbonyl (C=O) groups excluding carboxylic acids is 3. The molecule has 3 saturated heterocycles. The molecule has 7 rings (SSSR count). The molecule has 4 amide bonds. The molecular formula is C42H53N9O8S. The Balaban J connectivity index is 0.837. The van der Waals surface area contributed by atoms with E-state index >= 15 is 0 Å². The van der Waals surface area contributed by atoms with Crippen molar-refractivity contribution in [3.8, 4) is 11.5 Å². The summed E-state index contributed by atoms with van der Waals surface area (Å²) in [5.74, 6) is 1.28. The van der Waals surface area contributed by atoms with Gasteiger partial charge in [-0.2, -0.15) is 0 Å². The molecule has 3 fully saturated rings. The first-order valence-electron chi connectivity index (χ1n) is 20.3. The number of hydrogen-bond donors (Lipinski definition) is 3. The smallest absolute Gasteiger partial charge is 0.328 e. The number of ether oxygens (including phenoxy) is 3. The van der Waals surface area contributed by atoms with E-state index in [-0.39, 0.29) is 41.9 Å². The van der Waals surface area contributed by atoms with Crippen LogP contribution in [0.25, 0.3) is 10.9 Å². The van der Waals surface area contributed by atoms with Crippen molar-refractivity contribution in [3.05, 3.63) is 66.5 Å². The van der Waals surface area contributed by atoms with E-state index in [0.717, 1.165) is 62.8 Å². The summed E-state index contributed by atoms with van der Waals surface area (Å²) in [4.78, 5) is 54.4. The predicted octanol–water partition coefficient (Wildman–Crippen LogP) is 4.36. The van der Waals surface area contributed by atoms with Crippen molar-refractivity contribution in [3.63, 3.8) is 0 Å². The van der Waals surface area contributed by atoms with Crippen LogP contribution in [0, 0.1) is 0 Å². The maximum atomic E-state index is 13.5. The van der Waals surface area contributed by atoms with Crippen LogP contribution in [0.15, 0.2) is 65.8 Å². The number of imide groups is 1. The third kappa shape index (κ3) is 9.89. The lowest BCUT2D eigenvalue weighted by molar-refractivity contribution is -0.120. The van der Waals surface area contributed by atoms with Crippen molar-refractivity contribution in [1.82, 2.24) is 29.8 Å². The van der Waals surface area contributed by atoms with E-state index in [1.807, 2.05) is 42.1 Å². The molecule has 3 aliphatic heterocycles. The highest BCUT2D eigenvalue weighted by molar-refractivity contribution is 7.89. The number of fused-ring (bicyclic) bond motifs is 1. The summed E-state index contributed by atoms with van der Waals surface area (Å²) in [6.07, 6.45) is 6.24. The number of urea groups is 1. The molecule has 60 heavy (non-hydrogen) atoms. The molecule has 3 aliphatic rings. The van der Waals surface area contributed by atoms with Gasteiger partial charge in [-0.15, -0.1) is 0 Å². The number of sulfonamides is 1. The average Bonchev–Trinajstić information content (AvgIpc) is 3.25. The van der Waals surface area contributed by atoms with Gasteiger partial charge in [-0.1, -0.05) is 0 Å². The molecule has 1 aromatic heterocycles. The number of hydrogen-bond acceptors (Lipinski definition) is 13. The topological polar surface area (TPSA) is 188 Å². The van der Waals surface area contributed by atoms with Gasteiger partial charge in [-0.25, -0.2) is 27.9 Å². The number of aromatic nitrogens is 2. The summed E-state index contributed by atoms with van der Waals surface area (Å²) in [6, 6.07) is 15.1. The molecule has 4 heterocycles. The third-order valence-corrected chi connectivity index (χ3v) is 12.6. The number of likely N-dealkylation sites (tertiary alicyclic amines) is 2. The van der Waals surface area contributed by atoms with Gasteiger partial charge in [0.15, 0.2) is 0 Å². The summed E-state index contributed by atoms with van der Waals surface area (Å²) >= 11 is 0. The summed E-state index contributed by atoms with van der Waals surface area (Å²) < 4.78 is 45.5. The third-order valence-electron chi connectivity index (χ3n) is 11.2. The molecule has 17 nitrogen and oxygen atoms in total. The Morgan fingerprint density at radius 3 is 2.38 bits per heavy atom. The second kappa shape index (κ2) is 18.8. The monoisotopic (exact) mass is 843 g/mol. The minimum Gasteiger partial charge on any atom is -0.495 e. The summed E-state index contributed by atoms with van der Waals surface area (Å²) in [5.41, 5.74) is 3.02. The van der Waals surface area contributed by atoms with Gasteiger partial charge < -0.3 is 34.2 Å². The highest BCUT2D eigenvalue weighted by Crippen LogP contribution is 2.34. The van der Waals surface area contributed by atoms with Crippen molar-refractivity contribution in [2.75, 3.05) is 89.2 Å². The van der Waals surface area contributed by atoms with Crippen LogP contribution in [-0.2, 0) is 19.6 Å². The summed E-state index contributed by atoms with van der Waals surface area (Å²) in [5, 5.41) is 6.42. The second-order valence-corrected chi connectivity index (χ2v) is 17.2. The lowest BCUT2D eigenvalue weighted by Gasteiger charge is -2.37. The van der Waals surface area contributed by atoms with Crippen LogP contribution >= 0.6 is 0 Å². The van der Waals surface area contributed by atoms with Crippen LogP contribution in [0.1, 0.15) is 48.9 Å².